The van der Waals surface area contributed by atoms with E-state index < -0.39 is 7.12 Å². The first-order valence-corrected chi connectivity index (χ1v) is 8.40. The van der Waals surface area contributed by atoms with Crippen LogP contribution in [0.3, 0.4) is 0 Å². The third kappa shape index (κ3) is 2.79. The van der Waals surface area contributed by atoms with Crippen LogP contribution in [-0.2, 0) is 0 Å². The number of rotatable bonds is 3. The summed E-state index contributed by atoms with van der Waals surface area (Å²) >= 11 is 0. The maximum absolute atomic E-state index is 9.70. The predicted octanol–water partition coefficient (Wildman–Crippen LogP) is 2.98. The molecule has 130 valence electrons. The Morgan fingerprint density at radius 1 is 0.667 bits per heavy atom. The van der Waals surface area contributed by atoms with Crippen molar-refractivity contribution in [3.05, 3.63) is 66.7 Å². The normalized spacial score (nSPS) is 11.3. The lowest BCUT2D eigenvalue weighted by molar-refractivity contribution is 0.426. The van der Waals surface area contributed by atoms with Gasteiger partial charge in [-0.15, -0.1) is 0 Å². The third-order valence-corrected chi connectivity index (χ3v) is 4.34. The van der Waals surface area contributed by atoms with Crippen LogP contribution in [0.15, 0.2) is 75.6 Å². The van der Waals surface area contributed by atoms with Gasteiger partial charge in [0.05, 0.1) is 0 Å². The molecule has 2 N–H and O–H groups in total. The van der Waals surface area contributed by atoms with Gasteiger partial charge in [-0.05, 0) is 47.9 Å². The number of hydrogen-bond donors (Lipinski definition) is 2. The van der Waals surface area contributed by atoms with Gasteiger partial charge in [-0.25, -0.2) is 9.97 Å². The van der Waals surface area contributed by atoms with Crippen molar-refractivity contribution in [2.45, 2.75) is 0 Å². The largest absolute Gasteiger partial charge is 0.488 e. The zero-order chi connectivity index (χ0) is 18.4. The van der Waals surface area contributed by atoms with E-state index in [0.29, 0.717) is 39.5 Å². The molecule has 7 heteroatoms. The Morgan fingerprint density at radius 2 is 1.15 bits per heavy atom. The minimum Gasteiger partial charge on any atom is -0.436 e. The van der Waals surface area contributed by atoms with Gasteiger partial charge in [-0.1, -0.05) is 24.3 Å². The molecule has 3 aromatic carbocycles. The van der Waals surface area contributed by atoms with E-state index in [-0.39, 0.29) is 0 Å². The fraction of sp³-hybridized carbons (Fsp3) is 0. The van der Waals surface area contributed by atoms with E-state index in [0.717, 1.165) is 11.0 Å². The van der Waals surface area contributed by atoms with Crippen LogP contribution in [0.1, 0.15) is 0 Å². The van der Waals surface area contributed by atoms with Crippen molar-refractivity contribution in [2.24, 2.45) is 0 Å². The summed E-state index contributed by atoms with van der Waals surface area (Å²) in [6.45, 7) is 0. The van der Waals surface area contributed by atoms with Crippen molar-refractivity contribution in [1.82, 2.24) is 9.97 Å². The van der Waals surface area contributed by atoms with Crippen molar-refractivity contribution >= 4 is 34.8 Å². The first-order chi connectivity index (χ1) is 13.2. The molecule has 0 unspecified atom stereocenters. The van der Waals surface area contributed by atoms with E-state index in [9.17, 15) is 10.0 Å². The van der Waals surface area contributed by atoms with Gasteiger partial charge >= 0.3 is 7.12 Å². The summed E-state index contributed by atoms with van der Waals surface area (Å²) in [6, 6.07) is 19.9. The summed E-state index contributed by atoms with van der Waals surface area (Å²) in [7, 11) is -1.64. The molecule has 0 spiro atoms. The highest BCUT2D eigenvalue weighted by molar-refractivity contribution is 6.58. The molecular formula is C20H13BN2O4. The molecule has 0 aliphatic heterocycles. The zero-order valence-electron chi connectivity index (χ0n) is 14.0. The highest BCUT2D eigenvalue weighted by Crippen LogP contribution is 2.29. The molecule has 6 nitrogen and oxygen atoms in total. The summed E-state index contributed by atoms with van der Waals surface area (Å²) < 4.78 is 11.6. The summed E-state index contributed by atoms with van der Waals surface area (Å²) in [4.78, 5) is 8.96. The Labute approximate surface area is 153 Å². The number of fused-ring (bicyclic) bond motifs is 2. The highest BCUT2D eigenvalue weighted by Gasteiger charge is 2.19. The van der Waals surface area contributed by atoms with Crippen LogP contribution < -0.4 is 5.46 Å². The van der Waals surface area contributed by atoms with Gasteiger partial charge in [-0.2, -0.15) is 0 Å². The van der Waals surface area contributed by atoms with E-state index in [1.807, 2.05) is 48.5 Å². The SMILES string of the molecule is OB(O)c1cc(-c2nc3ccccc3o2)cc(-c2nc3ccccc3o2)c1. The lowest BCUT2D eigenvalue weighted by Crippen LogP contribution is -2.30. The fourth-order valence-electron chi connectivity index (χ4n) is 3.04. The first-order valence-electron chi connectivity index (χ1n) is 8.40. The standard InChI is InChI=1S/C20H13BN2O4/c24-21(25)14-10-12(19-22-15-5-1-3-7-17(15)26-19)9-13(11-14)20-23-16-6-2-4-8-18(16)27-20/h1-11,24-25H. The molecule has 0 saturated carbocycles. The first kappa shape index (κ1) is 15.8. The lowest BCUT2D eigenvalue weighted by atomic mass is 9.78. The van der Waals surface area contributed by atoms with Crippen molar-refractivity contribution in [2.75, 3.05) is 0 Å². The summed E-state index contributed by atoms with van der Waals surface area (Å²) in [5.74, 6) is 0.770. The lowest BCUT2D eigenvalue weighted by Gasteiger charge is -2.05. The van der Waals surface area contributed by atoms with E-state index in [1.54, 1.807) is 18.2 Å². The van der Waals surface area contributed by atoms with E-state index in [2.05, 4.69) is 9.97 Å². The van der Waals surface area contributed by atoms with Gasteiger partial charge in [0.25, 0.3) is 0 Å². The Hall–Kier alpha value is -3.42. The number of nitrogens with zero attached hydrogens (tertiary/aromatic N) is 2. The van der Waals surface area contributed by atoms with Crippen LogP contribution >= 0.6 is 0 Å². The quantitative estimate of drug-likeness (QED) is 0.483. The minimum absolute atomic E-state index is 0.298. The van der Waals surface area contributed by atoms with Crippen molar-refractivity contribution < 1.29 is 18.9 Å². The van der Waals surface area contributed by atoms with Crippen LogP contribution in [-0.4, -0.2) is 27.1 Å². The molecule has 5 rings (SSSR count). The van der Waals surface area contributed by atoms with Gasteiger partial charge in [0.2, 0.25) is 11.8 Å². The minimum atomic E-state index is -1.64. The van der Waals surface area contributed by atoms with Crippen LogP contribution in [0.4, 0.5) is 0 Å². The molecule has 0 bridgehead atoms. The molecular weight excluding hydrogens is 343 g/mol. The van der Waals surface area contributed by atoms with Gasteiger partial charge in [0.1, 0.15) is 11.0 Å². The van der Waals surface area contributed by atoms with Gasteiger partial charge in [0.15, 0.2) is 11.2 Å². The van der Waals surface area contributed by atoms with Crippen molar-refractivity contribution in [3.63, 3.8) is 0 Å². The molecule has 0 amide bonds. The van der Waals surface area contributed by atoms with Crippen LogP contribution in [0.2, 0.25) is 0 Å². The number of para-hydroxylation sites is 4. The molecule has 0 aliphatic carbocycles. The molecule has 0 saturated heterocycles. The number of hydrogen-bond acceptors (Lipinski definition) is 6. The summed E-state index contributed by atoms with van der Waals surface area (Å²) in [6.07, 6.45) is 0. The van der Waals surface area contributed by atoms with Crippen molar-refractivity contribution in [3.8, 4) is 22.9 Å². The van der Waals surface area contributed by atoms with Gasteiger partial charge in [0, 0.05) is 11.1 Å². The third-order valence-electron chi connectivity index (χ3n) is 4.34. The Morgan fingerprint density at radius 3 is 1.59 bits per heavy atom. The molecule has 0 radical (unpaired) electrons. The fourth-order valence-corrected chi connectivity index (χ4v) is 3.04. The average molecular weight is 356 g/mol. The molecule has 2 aromatic heterocycles. The molecule has 0 aliphatic rings. The summed E-state index contributed by atoms with van der Waals surface area (Å²) in [5.41, 5.74) is 4.28. The number of oxazole rings is 2. The van der Waals surface area contributed by atoms with E-state index >= 15 is 0 Å². The van der Waals surface area contributed by atoms with Gasteiger partial charge < -0.3 is 18.9 Å². The molecule has 0 fully saturated rings. The Kier molecular flexibility index (Phi) is 3.56. The molecule has 5 aromatic rings. The summed E-state index contributed by atoms with van der Waals surface area (Å²) in [5, 5.41) is 19.4. The second kappa shape index (κ2) is 6.08. The Bertz CT molecular complexity index is 1120. The van der Waals surface area contributed by atoms with Crippen molar-refractivity contribution in [1.29, 1.82) is 0 Å². The van der Waals surface area contributed by atoms with Crippen LogP contribution in [0, 0.1) is 0 Å². The monoisotopic (exact) mass is 356 g/mol. The topological polar surface area (TPSA) is 92.5 Å². The highest BCUT2D eigenvalue weighted by atomic mass is 16.4. The smallest absolute Gasteiger partial charge is 0.436 e. The van der Waals surface area contributed by atoms with Gasteiger partial charge in [-0.3, -0.25) is 0 Å². The van der Waals surface area contributed by atoms with Crippen LogP contribution in [0.25, 0.3) is 45.1 Å². The van der Waals surface area contributed by atoms with Crippen LogP contribution in [0.5, 0.6) is 0 Å². The zero-order valence-corrected chi connectivity index (χ0v) is 14.0. The maximum atomic E-state index is 9.70. The Balaban J connectivity index is 1.69. The van der Waals surface area contributed by atoms with E-state index in [1.165, 1.54) is 0 Å². The predicted molar refractivity (Wildman–Crippen MR) is 102 cm³/mol. The molecule has 27 heavy (non-hydrogen) atoms. The number of benzene rings is 3. The number of aromatic nitrogens is 2. The maximum Gasteiger partial charge on any atom is 0.488 e. The molecule has 0 atom stereocenters. The second-order valence-corrected chi connectivity index (χ2v) is 6.19. The average Bonchev–Trinajstić information content (AvgIpc) is 3.31. The molecule has 2 heterocycles. The second-order valence-electron chi connectivity index (χ2n) is 6.19. The van der Waals surface area contributed by atoms with E-state index in [4.69, 9.17) is 8.83 Å².